The fraction of sp³-hybridized carbons (Fsp3) is 0.280. The van der Waals surface area contributed by atoms with Crippen molar-refractivity contribution >= 4 is 17.7 Å². The van der Waals surface area contributed by atoms with E-state index in [1.807, 2.05) is 30.3 Å². The van der Waals surface area contributed by atoms with Gasteiger partial charge in [-0.25, -0.2) is 0 Å². The molecule has 2 aliphatic rings. The second kappa shape index (κ2) is 8.09. The number of nitrogens with zero attached hydrogens (tertiary/aromatic N) is 1. The Morgan fingerprint density at radius 2 is 1.82 bits per heavy atom. The van der Waals surface area contributed by atoms with Gasteiger partial charge in [-0.15, -0.1) is 11.8 Å². The van der Waals surface area contributed by atoms with Crippen LogP contribution in [0.25, 0.3) is 5.69 Å². The molecule has 1 atom stereocenters. The Balaban J connectivity index is 1.77. The average Bonchev–Trinajstić information content (AvgIpc) is 3.58. The maximum absolute atomic E-state index is 13.6. The first-order chi connectivity index (χ1) is 15.7. The minimum atomic E-state index is -4.51. The van der Waals surface area contributed by atoms with E-state index in [2.05, 4.69) is 5.32 Å². The number of aromatic nitrogens is 1. The van der Waals surface area contributed by atoms with Gasteiger partial charge in [0.25, 0.3) is 5.91 Å². The number of amides is 1. The number of fused-ring (bicyclic) bond motifs is 3. The molecule has 170 valence electrons. The van der Waals surface area contributed by atoms with Crippen molar-refractivity contribution in [2.24, 2.45) is 0 Å². The first-order valence-corrected chi connectivity index (χ1v) is 11.6. The Labute approximate surface area is 192 Å². The summed E-state index contributed by atoms with van der Waals surface area (Å²) in [5.74, 6) is -0.460. The van der Waals surface area contributed by atoms with Gasteiger partial charge in [-0.1, -0.05) is 30.3 Å². The molecule has 0 unspecified atom stereocenters. The molecule has 1 fully saturated rings. The predicted molar refractivity (Wildman–Crippen MR) is 121 cm³/mol. The van der Waals surface area contributed by atoms with Crippen molar-refractivity contribution in [1.29, 1.82) is 0 Å². The quantitative estimate of drug-likeness (QED) is 0.554. The molecule has 3 aromatic rings. The molecule has 0 saturated heterocycles. The Morgan fingerprint density at radius 3 is 2.48 bits per heavy atom. The smallest absolute Gasteiger partial charge is 0.349 e. The zero-order valence-electron chi connectivity index (χ0n) is 17.8. The fourth-order valence-corrected chi connectivity index (χ4v) is 5.50. The standard InChI is InChI=1S/C25H21F3N2O2S/c1-14-11-20(31)23(24(32)29-17-8-9-17)19-13-22(15-5-3-2-4-6-15)33-21-10-7-16(25(26,27)28)12-18(21)30(14)19/h2-7,10-12,17,22H,8-9,13H2,1H3,(H,29,32)/t22-/m0/s1. The lowest BCUT2D eigenvalue weighted by Crippen LogP contribution is -2.33. The molecule has 1 amide bonds. The normalized spacial score (nSPS) is 17.6. The van der Waals surface area contributed by atoms with Crippen LogP contribution in [-0.2, 0) is 12.6 Å². The summed E-state index contributed by atoms with van der Waals surface area (Å²) < 4.78 is 42.4. The van der Waals surface area contributed by atoms with Crippen LogP contribution < -0.4 is 10.7 Å². The van der Waals surface area contributed by atoms with Gasteiger partial charge in [-0.3, -0.25) is 9.59 Å². The molecule has 1 N–H and O–H groups in total. The molecule has 0 spiro atoms. The molecule has 0 radical (unpaired) electrons. The number of alkyl halides is 3. The molecule has 33 heavy (non-hydrogen) atoms. The average molecular weight is 471 g/mol. The molecule has 1 aliphatic carbocycles. The van der Waals surface area contributed by atoms with Gasteiger partial charge in [0.05, 0.1) is 11.3 Å². The third-order valence-electron chi connectivity index (χ3n) is 5.98. The van der Waals surface area contributed by atoms with Gasteiger partial charge in [0.1, 0.15) is 5.56 Å². The van der Waals surface area contributed by atoms with Crippen molar-refractivity contribution in [3.63, 3.8) is 0 Å². The van der Waals surface area contributed by atoms with E-state index < -0.39 is 23.1 Å². The van der Waals surface area contributed by atoms with Gasteiger partial charge in [-0.2, -0.15) is 13.2 Å². The summed E-state index contributed by atoms with van der Waals surface area (Å²) in [6, 6.07) is 14.7. The number of halogens is 3. The maximum atomic E-state index is 13.6. The maximum Gasteiger partial charge on any atom is 0.416 e. The molecular formula is C25H21F3N2O2S. The molecule has 1 aromatic heterocycles. The lowest BCUT2D eigenvalue weighted by molar-refractivity contribution is -0.137. The van der Waals surface area contributed by atoms with Crippen molar-refractivity contribution in [2.75, 3.05) is 0 Å². The molecule has 2 heterocycles. The molecule has 1 aliphatic heterocycles. The lowest BCUT2D eigenvalue weighted by atomic mass is 10.0. The largest absolute Gasteiger partial charge is 0.416 e. The van der Waals surface area contributed by atoms with Crippen LogP contribution in [0.1, 0.15) is 51.0 Å². The minimum absolute atomic E-state index is 0.0132. The van der Waals surface area contributed by atoms with Gasteiger partial charge in [0.2, 0.25) is 0 Å². The number of thioether (sulfide) groups is 1. The van der Waals surface area contributed by atoms with Crippen molar-refractivity contribution < 1.29 is 18.0 Å². The third kappa shape index (κ3) is 4.19. The van der Waals surface area contributed by atoms with Crippen LogP contribution >= 0.6 is 11.8 Å². The van der Waals surface area contributed by atoms with Crippen LogP contribution in [0, 0.1) is 6.92 Å². The summed E-state index contributed by atoms with van der Waals surface area (Å²) in [5.41, 5.74) is 1.08. The summed E-state index contributed by atoms with van der Waals surface area (Å²) in [4.78, 5) is 26.7. The predicted octanol–water partition coefficient (Wildman–Crippen LogP) is 5.45. The number of pyridine rings is 1. The molecule has 2 aromatic carbocycles. The van der Waals surface area contributed by atoms with Crippen molar-refractivity contribution in [2.45, 2.75) is 48.5 Å². The highest BCUT2D eigenvalue weighted by Crippen LogP contribution is 2.45. The SMILES string of the molecule is Cc1cc(=O)c(C(=O)NC2CC2)c2n1-c1cc(C(F)(F)F)ccc1S[C@H](c1ccccc1)C2. The van der Waals surface area contributed by atoms with Crippen molar-refractivity contribution in [3.8, 4) is 5.69 Å². The number of nitrogens with one attached hydrogen (secondary N) is 1. The number of hydrogen-bond acceptors (Lipinski definition) is 3. The van der Waals surface area contributed by atoms with E-state index in [1.165, 1.54) is 23.9 Å². The zero-order valence-corrected chi connectivity index (χ0v) is 18.6. The number of rotatable bonds is 3. The topological polar surface area (TPSA) is 51.1 Å². The minimum Gasteiger partial charge on any atom is -0.349 e. The lowest BCUT2D eigenvalue weighted by Gasteiger charge is -2.20. The Bertz CT molecular complexity index is 1300. The summed E-state index contributed by atoms with van der Waals surface area (Å²) >= 11 is 1.45. The fourth-order valence-electron chi connectivity index (χ4n) is 4.24. The van der Waals surface area contributed by atoms with E-state index in [1.54, 1.807) is 11.5 Å². The van der Waals surface area contributed by atoms with Crippen LogP contribution in [-0.4, -0.2) is 16.5 Å². The highest BCUT2D eigenvalue weighted by molar-refractivity contribution is 7.99. The van der Waals surface area contributed by atoms with Gasteiger partial charge in [0.15, 0.2) is 5.43 Å². The van der Waals surface area contributed by atoms with Crippen LogP contribution in [0.5, 0.6) is 0 Å². The molecule has 0 bridgehead atoms. The van der Waals surface area contributed by atoms with Crippen LogP contribution in [0.15, 0.2) is 64.3 Å². The van der Waals surface area contributed by atoms with E-state index in [9.17, 15) is 22.8 Å². The van der Waals surface area contributed by atoms with Gasteiger partial charge < -0.3 is 9.88 Å². The molecular weight excluding hydrogens is 449 g/mol. The third-order valence-corrected chi connectivity index (χ3v) is 7.31. The monoisotopic (exact) mass is 470 g/mol. The van der Waals surface area contributed by atoms with Gasteiger partial charge in [0, 0.05) is 40.1 Å². The van der Waals surface area contributed by atoms with Gasteiger partial charge >= 0.3 is 6.18 Å². The second-order valence-electron chi connectivity index (χ2n) is 8.46. The van der Waals surface area contributed by atoms with Crippen LogP contribution in [0.4, 0.5) is 13.2 Å². The summed E-state index contributed by atoms with van der Waals surface area (Å²) in [7, 11) is 0. The van der Waals surface area contributed by atoms with Crippen molar-refractivity contribution in [1.82, 2.24) is 9.88 Å². The number of carbonyl (C=O) groups excluding carboxylic acids is 1. The molecule has 1 saturated carbocycles. The zero-order chi connectivity index (χ0) is 23.3. The molecule has 8 heteroatoms. The Kier molecular flexibility index (Phi) is 5.35. The Morgan fingerprint density at radius 1 is 1.09 bits per heavy atom. The van der Waals surface area contributed by atoms with E-state index in [-0.39, 0.29) is 16.9 Å². The van der Waals surface area contributed by atoms with E-state index in [0.717, 1.165) is 30.5 Å². The van der Waals surface area contributed by atoms with E-state index >= 15 is 0 Å². The summed E-state index contributed by atoms with van der Waals surface area (Å²) in [5, 5.41) is 2.70. The van der Waals surface area contributed by atoms with E-state index in [4.69, 9.17) is 0 Å². The Hall–Kier alpha value is -3.00. The number of carbonyl (C=O) groups is 1. The second-order valence-corrected chi connectivity index (χ2v) is 9.70. The number of aryl methyl sites for hydroxylation is 1. The number of hydrogen-bond donors (Lipinski definition) is 1. The highest BCUT2D eigenvalue weighted by atomic mass is 32.2. The van der Waals surface area contributed by atoms with E-state index in [0.29, 0.717) is 28.4 Å². The summed E-state index contributed by atoms with van der Waals surface area (Å²) in [6.45, 7) is 1.69. The van der Waals surface area contributed by atoms with Crippen LogP contribution in [0.2, 0.25) is 0 Å². The first-order valence-electron chi connectivity index (χ1n) is 10.7. The van der Waals surface area contributed by atoms with Crippen molar-refractivity contribution in [3.05, 3.63) is 92.9 Å². The number of benzene rings is 2. The summed E-state index contributed by atoms with van der Waals surface area (Å²) in [6.07, 6.45) is -2.46. The molecule has 4 nitrogen and oxygen atoms in total. The first kappa shape index (κ1) is 21.8. The van der Waals surface area contributed by atoms with Gasteiger partial charge in [-0.05, 0) is 43.5 Å². The highest BCUT2D eigenvalue weighted by Gasteiger charge is 2.35. The molecule has 5 rings (SSSR count). The van der Waals surface area contributed by atoms with Crippen LogP contribution in [0.3, 0.4) is 0 Å².